The van der Waals surface area contributed by atoms with Gasteiger partial charge in [-0.1, -0.05) is 35.9 Å². The average molecular weight is 313 g/mol. The summed E-state index contributed by atoms with van der Waals surface area (Å²) < 4.78 is 5.35. The molecule has 0 spiro atoms. The normalized spacial score (nSPS) is 17.8. The van der Waals surface area contributed by atoms with Crippen molar-refractivity contribution < 1.29 is 14.3 Å². The van der Waals surface area contributed by atoms with Crippen LogP contribution < -0.4 is 15.4 Å². The Balaban J connectivity index is 1.73. The van der Waals surface area contributed by atoms with Crippen molar-refractivity contribution in [1.82, 2.24) is 10.6 Å². The van der Waals surface area contributed by atoms with E-state index in [0.29, 0.717) is 5.75 Å². The van der Waals surface area contributed by atoms with E-state index in [-0.39, 0.29) is 24.5 Å². The van der Waals surface area contributed by atoms with E-state index >= 15 is 0 Å². The zero-order valence-electron chi connectivity index (χ0n) is 13.3. The van der Waals surface area contributed by atoms with Gasteiger partial charge in [0.05, 0.1) is 6.04 Å². The number of rotatable bonds is 6. The molecule has 1 aromatic rings. The van der Waals surface area contributed by atoms with Crippen molar-refractivity contribution in [2.45, 2.75) is 32.4 Å². The molecule has 121 valence electrons. The molecule has 0 bridgehead atoms. The van der Waals surface area contributed by atoms with Crippen molar-refractivity contribution in [2.75, 3.05) is 6.61 Å². The molecule has 1 aliphatic carbocycles. The lowest BCUT2D eigenvalue weighted by atomic mass is 10.0. The van der Waals surface area contributed by atoms with E-state index in [2.05, 4.69) is 16.7 Å². The van der Waals surface area contributed by atoms with Crippen molar-refractivity contribution in [3.8, 4) is 5.75 Å². The van der Waals surface area contributed by atoms with Gasteiger partial charge in [0.15, 0.2) is 6.61 Å². The third kappa shape index (κ3) is 5.62. The minimum absolute atomic E-state index is 0.0765. The number of carbonyl (C=O) groups is 2. The number of amides is 2. The topological polar surface area (TPSA) is 67.4 Å². The average Bonchev–Trinajstić information content (AvgIpc) is 2.54. The number of hydrogen-bond acceptors (Lipinski definition) is 3. The van der Waals surface area contributed by atoms with Gasteiger partial charge in [-0.15, -0.1) is 0 Å². The number of carbonyl (C=O) groups excluding carboxylic acids is 2. The highest BCUT2D eigenvalue weighted by atomic mass is 16.5. The number of allylic oxidation sites excluding steroid dienone is 2. The van der Waals surface area contributed by atoms with Crippen LogP contribution in [0.25, 0.3) is 0 Å². The lowest BCUT2D eigenvalue weighted by Crippen LogP contribution is -2.48. The van der Waals surface area contributed by atoms with Crippen LogP contribution in [0.5, 0.6) is 5.75 Å². The first-order valence-corrected chi connectivity index (χ1v) is 7.57. The van der Waals surface area contributed by atoms with E-state index in [1.54, 1.807) is 19.1 Å². The molecule has 1 aliphatic rings. The Morgan fingerprint density at radius 2 is 2.09 bits per heavy atom. The second kappa shape index (κ2) is 8.17. The summed E-state index contributed by atoms with van der Waals surface area (Å²) in [6, 6.07) is 8.36. The molecule has 5 nitrogen and oxygen atoms in total. The quantitative estimate of drug-likeness (QED) is 0.841. The minimum Gasteiger partial charge on any atom is -0.484 e. The molecule has 2 N–H and O–H groups in total. The van der Waals surface area contributed by atoms with Crippen LogP contribution in [0.2, 0.25) is 0 Å². The third-order valence-corrected chi connectivity index (χ3v) is 3.38. The number of ether oxygens (including phenoxy) is 1. The first kappa shape index (κ1) is 16.8. The molecule has 0 aliphatic heterocycles. The van der Waals surface area contributed by atoms with E-state index in [1.165, 1.54) is 0 Å². The monoisotopic (exact) mass is 313 g/mol. The number of para-hydroxylation sites is 1. The molecule has 23 heavy (non-hydrogen) atoms. The summed E-state index contributed by atoms with van der Waals surface area (Å²) in [5, 5.41) is 5.50. The van der Waals surface area contributed by atoms with Crippen molar-refractivity contribution in [2.24, 2.45) is 0 Å². The van der Waals surface area contributed by atoms with Crippen LogP contribution in [-0.4, -0.2) is 30.5 Å². The molecule has 0 saturated carbocycles. The van der Waals surface area contributed by atoms with Gasteiger partial charge in [0.1, 0.15) is 11.8 Å². The van der Waals surface area contributed by atoms with Crippen LogP contribution >= 0.6 is 0 Å². The highest BCUT2D eigenvalue weighted by Gasteiger charge is 2.19. The van der Waals surface area contributed by atoms with Gasteiger partial charge in [-0.05, 0) is 38.5 Å². The molecule has 2 atom stereocenters. The van der Waals surface area contributed by atoms with E-state index in [4.69, 9.17) is 4.74 Å². The second-order valence-electron chi connectivity index (χ2n) is 5.53. The van der Waals surface area contributed by atoms with E-state index in [9.17, 15) is 9.59 Å². The van der Waals surface area contributed by atoms with E-state index < -0.39 is 6.04 Å². The Bertz CT molecular complexity index is 608. The molecule has 0 heterocycles. The molecule has 1 radical (unpaired) electrons. The van der Waals surface area contributed by atoms with Crippen LogP contribution in [0.1, 0.15) is 20.3 Å². The molecule has 2 amide bonds. The lowest BCUT2D eigenvalue weighted by Gasteiger charge is -2.21. The first-order chi connectivity index (χ1) is 11.0. The van der Waals surface area contributed by atoms with Gasteiger partial charge < -0.3 is 15.4 Å². The maximum atomic E-state index is 12.1. The maximum Gasteiger partial charge on any atom is 0.258 e. The molecule has 0 fully saturated rings. The first-order valence-electron chi connectivity index (χ1n) is 7.57. The van der Waals surface area contributed by atoms with Gasteiger partial charge in [-0.3, -0.25) is 9.59 Å². The summed E-state index contributed by atoms with van der Waals surface area (Å²) in [4.78, 5) is 23.9. The number of nitrogens with one attached hydrogen (secondary N) is 2. The minimum atomic E-state index is -0.624. The highest BCUT2D eigenvalue weighted by Crippen LogP contribution is 2.11. The molecule has 5 heteroatoms. The molecule has 0 aromatic heterocycles. The Kier molecular flexibility index (Phi) is 5.97. The SMILES string of the molecule is CC1=C[C]=C[C@@H](NC(=O)[C@H](C)NC(=O)COc2ccccc2)C1. The molecule has 0 unspecified atom stereocenters. The maximum absolute atomic E-state index is 12.1. The van der Waals surface area contributed by atoms with Crippen LogP contribution in [0.15, 0.2) is 48.1 Å². The predicted octanol–water partition coefficient (Wildman–Crippen LogP) is 1.76. The smallest absolute Gasteiger partial charge is 0.258 e. The number of benzene rings is 1. The largest absolute Gasteiger partial charge is 0.484 e. The van der Waals surface area contributed by atoms with Gasteiger partial charge in [0.2, 0.25) is 5.91 Å². The molecular weight excluding hydrogens is 292 g/mol. The summed E-state index contributed by atoms with van der Waals surface area (Å²) in [5.74, 6) is 0.0547. The van der Waals surface area contributed by atoms with Crippen LogP contribution in [-0.2, 0) is 9.59 Å². The summed E-state index contributed by atoms with van der Waals surface area (Å²) in [7, 11) is 0. The fourth-order valence-electron chi connectivity index (χ4n) is 2.19. The summed E-state index contributed by atoms with van der Waals surface area (Å²) >= 11 is 0. The third-order valence-electron chi connectivity index (χ3n) is 3.38. The Labute approximate surface area is 136 Å². The standard InChI is InChI=1S/C18H21N2O3/c1-13-7-6-8-15(11-13)20-18(22)14(2)19-17(21)12-23-16-9-4-3-5-10-16/h3-5,7-10,14-15H,11-12H2,1-2H3,(H,19,21)(H,20,22)/t14-,15+/m0/s1. The van der Waals surface area contributed by atoms with Crippen molar-refractivity contribution in [3.05, 3.63) is 54.1 Å². The molecule has 2 rings (SSSR count). The van der Waals surface area contributed by atoms with Gasteiger partial charge in [-0.2, -0.15) is 0 Å². The van der Waals surface area contributed by atoms with E-state index in [1.807, 2.05) is 37.3 Å². The van der Waals surface area contributed by atoms with Crippen LogP contribution in [0, 0.1) is 6.08 Å². The zero-order chi connectivity index (χ0) is 16.7. The van der Waals surface area contributed by atoms with Crippen molar-refractivity contribution in [3.63, 3.8) is 0 Å². The van der Waals surface area contributed by atoms with Crippen LogP contribution in [0.3, 0.4) is 0 Å². The Hall–Kier alpha value is -2.56. The predicted molar refractivity (Wildman–Crippen MR) is 87.7 cm³/mol. The number of hydrogen-bond donors (Lipinski definition) is 2. The fourth-order valence-corrected chi connectivity index (χ4v) is 2.19. The fraction of sp³-hybridized carbons (Fsp3) is 0.333. The summed E-state index contributed by atoms with van der Waals surface area (Å²) in [5.41, 5.74) is 1.16. The van der Waals surface area contributed by atoms with Crippen molar-refractivity contribution >= 4 is 11.8 Å². The summed E-state index contributed by atoms with van der Waals surface area (Å²) in [6.45, 7) is 3.51. The van der Waals surface area contributed by atoms with Crippen LogP contribution in [0.4, 0.5) is 0 Å². The zero-order valence-corrected chi connectivity index (χ0v) is 13.3. The molecule has 0 saturated heterocycles. The van der Waals surface area contributed by atoms with E-state index in [0.717, 1.165) is 12.0 Å². The highest BCUT2D eigenvalue weighted by molar-refractivity contribution is 5.88. The molecular formula is C18H21N2O3. The second-order valence-corrected chi connectivity index (χ2v) is 5.53. The Morgan fingerprint density at radius 3 is 2.78 bits per heavy atom. The van der Waals surface area contributed by atoms with Gasteiger partial charge in [0, 0.05) is 0 Å². The van der Waals surface area contributed by atoms with Gasteiger partial charge in [-0.25, -0.2) is 0 Å². The summed E-state index contributed by atoms with van der Waals surface area (Å²) in [6.07, 6.45) is 7.47. The van der Waals surface area contributed by atoms with Gasteiger partial charge >= 0.3 is 0 Å². The van der Waals surface area contributed by atoms with Crippen molar-refractivity contribution in [1.29, 1.82) is 0 Å². The molecule has 1 aromatic carbocycles. The Morgan fingerprint density at radius 1 is 1.35 bits per heavy atom. The lowest BCUT2D eigenvalue weighted by molar-refractivity contribution is -0.129. The van der Waals surface area contributed by atoms with Gasteiger partial charge in [0.25, 0.3) is 5.91 Å².